The number of carbonyl (C=O) groups excluding carboxylic acids is 2. The molecule has 9 nitrogen and oxygen atoms in total. The number of aromatic nitrogens is 4. The quantitative estimate of drug-likeness (QED) is 0.169. The molecule has 0 atom stereocenters. The van der Waals surface area contributed by atoms with Crippen molar-refractivity contribution in [3.8, 4) is 17.2 Å². The summed E-state index contributed by atoms with van der Waals surface area (Å²) >= 11 is 0. The molecule has 0 N–H and O–H groups in total. The van der Waals surface area contributed by atoms with Gasteiger partial charge in [-0.1, -0.05) is 78.9 Å². The molecule has 0 fully saturated rings. The number of carbonyl (C=O) groups is 2. The Bertz CT molecular complexity index is 2160. The fourth-order valence-corrected chi connectivity index (χ4v) is 4.69. The number of rotatable bonds is 7. The van der Waals surface area contributed by atoms with E-state index in [4.69, 9.17) is 9.47 Å². The molecule has 0 radical (unpaired) electrons. The molecule has 3 heterocycles. The predicted octanol–water partition coefficient (Wildman–Crippen LogP) is 8.11. The molecular formula is C38H27F3N4O5. The van der Waals surface area contributed by atoms with Gasteiger partial charge in [-0.15, -0.1) is 13.2 Å². The number of hydrogen-bond acceptors (Lipinski definition) is 7. The van der Waals surface area contributed by atoms with Crippen LogP contribution in [-0.4, -0.2) is 44.5 Å². The van der Waals surface area contributed by atoms with E-state index in [1.165, 1.54) is 23.0 Å². The first kappa shape index (κ1) is 33.2. The number of alkyl halides is 3. The number of halogens is 3. The van der Waals surface area contributed by atoms with Gasteiger partial charge in [0.2, 0.25) is 6.79 Å². The molecule has 50 heavy (non-hydrogen) atoms. The smallest absolute Gasteiger partial charge is 0.454 e. The Balaban J connectivity index is 0.000000173. The zero-order valence-electron chi connectivity index (χ0n) is 26.1. The van der Waals surface area contributed by atoms with Gasteiger partial charge in [-0.2, -0.15) is 10.2 Å². The summed E-state index contributed by atoms with van der Waals surface area (Å²) in [6.45, 7) is 0.184. The van der Waals surface area contributed by atoms with Crippen LogP contribution in [0.4, 0.5) is 13.2 Å². The molecular weight excluding hydrogens is 649 g/mol. The number of benzene rings is 4. The van der Waals surface area contributed by atoms with Crippen LogP contribution in [-0.2, 0) is 0 Å². The maximum absolute atomic E-state index is 12.5. The van der Waals surface area contributed by atoms with Crippen LogP contribution in [0.15, 0.2) is 128 Å². The van der Waals surface area contributed by atoms with Crippen LogP contribution >= 0.6 is 0 Å². The minimum atomic E-state index is -4.82. The summed E-state index contributed by atoms with van der Waals surface area (Å²) in [6, 6.07) is 32.9. The summed E-state index contributed by atoms with van der Waals surface area (Å²) in [5.41, 5.74) is 3.85. The number of nitrogens with zero attached hydrogens (tertiary/aromatic N) is 4. The van der Waals surface area contributed by atoms with Crippen molar-refractivity contribution in [2.24, 2.45) is 0 Å². The highest BCUT2D eigenvalue weighted by molar-refractivity contribution is 5.96. The van der Waals surface area contributed by atoms with Crippen molar-refractivity contribution in [3.63, 3.8) is 0 Å². The van der Waals surface area contributed by atoms with Crippen LogP contribution in [0, 0.1) is 0 Å². The van der Waals surface area contributed by atoms with E-state index >= 15 is 0 Å². The third-order valence-corrected chi connectivity index (χ3v) is 7.06. The summed E-state index contributed by atoms with van der Waals surface area (Å²) in [5.74, 6) is 0.0000477. The van der Waals surface area contributed by atoms with Gasteiger partial charge in [-0.3, -0.25) is 9.59 Å². The molecule has 0 spiro atoms. The number of hydrogen-bond donors (Lipinski definition) is 0. The fraction of sp³-hybridized carbons (Fsp3) is 0.0526. The van der Waals surface area contributed by atoms with Crippen molar-refractivity contribution in [2.45, 2.75) is 6.36 Å². The average Bonchev–Trinajstić information content (AvgIpc) is 3.91. The second-order valence-corrected chi connectivity index (χ2v) is 10.6. The lowest BCUT2D eigenvalue weighted by Crippen LogP contribution is -2.18. The molecule has 12 heteroatoms. The minimum Gasteiger partial charge on any atom is -0.454 e. The van der Waals surface area contributed by atoms with Crippen LogP contribution in [0.5, 0.6) is 17.2 Å². The van der Waals surface area contributed by atoms with Crippen LogP contribution in [0.1, 0.15) is 43.2 Å². The first-order chi connectivity index (χ1) is 24.2. The monoisotopic (exact) mass is 676 g/mol. The zero-order chi connectivity index (χ0) is 34.9. The second kappa shape index (κ2) is 15.0. The Morgan fingerprint density at radius 3 is 1.72 bits per heavy atom. The molecule has 0 saturated heterocycles. The lowest BCUT2D eigenvalue weighted by molar-refractivity contribution is -0.274. The van der Waals surface area contributed by atoms with Gasteiger partial charge in [0, 0.05) is 23.5 Å². The molecule has 0 saturated carbocycles. The van der Waals surface area contributed by atoms with Gasteiger partial charge in [0.05, 0.1) is 11.4 Å². The molecule has 1 aliphatic heterocycles. The van der Waals surface area contributed by atoms with E-state index in [1.807, 2.05) is 78.9 Å². The SMILES string of the molecule is O=C(c1ccc2c(c1)OCO2)n1ccc(/C=C/c2ccccc2)n1.O=C(c1cccc(OC(F)(F)F)c1)n1ccc(/C=C/c2ccccc2)n1. The third kappa shape index (κ3) is 8.81. The third-order valence-electron chi connectivity index (χ3n) is 7.06. The van der Waals surface area contributed by atoms with Crippen molar-refractivity contribution in [2.75, 3.05) is 6.79 Å². The fourth-order valence-electron chi connectivity index (χ4n) is 4.69. The molecule has 0 bridgehead atoms. The maximum atomic E-state index is 12.5. The van der Waals surface area contributed by atoms with Gasteiger partial charge in [-0.25, -0.2) is 9.36 Å². The Morgan fingerprint density at radius 2 is 1.16 bits per heavy atom. The molecule has 7 rings (SSSR count). The van der Waals surface area contributed by atoms with Gasteiger partial charge < -0.3 is 14.2 Å². The predicted molar refractivity (Wildman–Crippen MR) is 180 cm³/mol. The number of fused-ring (bicyclic) bond motifs is 1. The van der Waals surface area contributed by atoms with Gasteiger partial charge in [0.15, 0.2) is 11.5 Å². The summed E-state index contributed by atoms with van der Waals surface area (Å²) < 4.78 is 53.6. The standard InChI is InChI=1S/C19H13F3N2O2.C19H14N2O3/c20-19(21,22)26-17-8-4-7-15(13-17)18(25)24-12-11-16(23-24)10-9-14-5-2-1-3-6-14;22-19(15-7-9-17-18(12-15)24-13-23-17)21-11-10-16(20-21)8-6-14-4-2-1-3-5-14/h1-13H;1-12H,13H2/b10-9+;8-6+. The van der Waals surface area contributed by atoms with Crippen molar-refractivity contribution in [3.05, 3.63) is 161 Å². The van der Waals surface area contributed by atoms with Crippen LogP contribution in [0.3, 0.4) is 0 Å². The maximum Gasteiger partial charge on any atom is 0.573 e. The second-order valence-electron chi connectivity index (χ2n) is 10.6. The average molecular weight is 677 g/mol. The lowest BCUT2D eigenvalue weighted by Gasteiger charge is -2.09. The topological polar surface area (TPSA) is 97.5 Å². The van der Waals surface area contributed by atoms with Crippen molar-refractivity contribution >= 4 is 36.1 Å². The zero-order valence-corrected chi connectivity index (χ0v) is 26.1. The van der Waals surface area contributed by atoms with E-state index in [-0.39, 0.29) is 18.3 Å². The van der Waals surface area contributed by atoms with E-state index in [0.29, 0.717) is 28.5 Å². The van der Waals surface area contributed by atoms with Crippen molar-refractivity contribution < 1.29 is 37.0 Å². The van der Waals surface area contributed by atoms with Gasteiger partial charge in [0.25, 0.3) is 11.8 Å². The van der Waals surface area contributed by atoms with Crippen LogP contribution in [0.2, 0.25) is 0 Å². The van der Waals surface area contributed by atoms with E-state index in [1.54, 1.807) is 42.6 Å². The summed E-state index contributed by atoms with van der Waals surface area (Å²) in [5, 5.41) is 8.43. The van der Waals surface area contributed by atoms with Gasteiger partial charge in [-0.05, 0) is 71.8 Å². The van der Waals surface area contributed by atoms with Gasteiger partial charge in [0.1, 0.15) is 5.75 Å². The molecule has 6 aromatic rings. The van der Waals surface area contributed by atoms with Crippen molar-refractivity contribution in [1.82, 2.24) is 19.6 Å². The molecule has 2 aromatic heterocycles. The molecule has 250 valence electrons. The molecule has 1 aliphatic rings. The van der Waals surface area contributed by atoms with Crippen molar-refractivity contribution in [1.29, 1.82) is 0 Å². The highest BCUT2D eigenvalue weighted by Gasteiger charge is 2.31. The Hall–Kier alpha value is -6.69. The highest BCUT2D eigenvalue weighted by atomic mass is 19.4. The Morgan fingerprint density at radius 1 is 0.620 bits per heavy atom. The van der Waals surface area contributed by atoms with E-state index in [9.17, 15) is 22.8 Å². The summed E-state index contributed by atoms with van der Waals surface area (Å²) in [6.07, 6.45) is 5.69. The molecule has 0 unspecified atom stereocenters. The Labute approximate surface area is 284 Å². The van der Waals surface area contributed by atoms with E-state index < -0.39 is 18.0 Å². The van der Waals surface area contributed by atoms with E-state index in [2.05, 4.69) is 14.9 Å². The van der Waals surface area contributed by atoms with Crippen LogP contribution in [0.25, 0.3) is 24.3 Å². The normalized spacial score (nSPS) is 12.1. The molecule has 4 aromatic carbocycles. The summed E-state index contributed by atoms with van der Waals surface area (Å²) in [4.78, 5) is 24.9. The molecule has 0 amide bonds. The highest BCUT2D eigenvalue weighted by Crippen LogP contribution is 2.32. The Kier molecular flexibility index (Phi) is 9.99. The van der Waals surface area contributed by atoms with Crippen LogP contribution < -0.4 is 14.2 Å². The van der Waals surface area contributed by atoms with E-state index in [0.717, 1.165) is 27.9 Å². The lowest BCUT2D eigenvalue weighted by atomic mass is 10.2. The summed E-state index contributed by atoms with van der Waals surface area (Å²) in [7, 11) is 0. The van der Waals surface area contributed by atoms with Gasteiger partial charge >= 0.3 is 6.36 Å². The largest absolute Gasteiger partial charge is 0.573 e. The number of ether oxygens (including phenoxy) is 3. The minimum absolute atomic E-state index is 0.0356. The first-order valence-corrected chi connectivity index (χ1v) is 15.1. The molecule has 0 aliphatic carbocycles. The first-order valence-electron chi connectivity index (χ1n) is 15.1.